The van der Waals surface area contributed by atoms with Crippen LogP contribution in [-0.4, -0.2) is 24.6 Å². The van der Waals surface area contributed by atoms with Crippen LogP contribution in [0.1, 0.15) is 34.8 Å². The van der Waals surface area contributed by atoms with Crippen LogP contribution >= 0.6 is 11.6 Å². The highest BCUT2D eigenvalue weighted by Gasteiger charge is 2.22. The molecule has 0 saturated carbocycles. The van der Waals surface area contributed by atoms with Crippen molar-refractivity contribution in [2.24, 2.45) is 0 Å². The minimum Gasteiger partial charge on any atom is -0.449 e. The Labute approximate surface area is 201 Å². The van der Waals surface area contributed by atoms with E-state index in [-0.39, 0.29) is 16.3 Å². The van der Waals surface area contributed by atoms with Gasteiger partial charge in [-0.1, -0.05) is 41.4 Å². The summed E-state index contributed by atoms with van der Waals surface area (Å²) in [6.07, 6.45) is -0.843. The van der Waals surface area contributed by atoms with Gasteiger partial charge in [0.25, 0.3) is 15.9 Å². The molecule has 1 unspecified atom stereocenters. The molecule has 0 saturated heterocycles. The van der Waals surface area contributed by atoms with Gasteiger partial charge in [0.05, 0.1) is 16.1 Å². The van der Waals surface area contributed by atoms with Gasteiger partial charge in [-0.2, -0.15) is 0 Å². The van der Waals surface area contributed by atoms with E-state index >= 15 is 0 Å². The van der Waals surface area contributed by atoms with Gasteiger partial charge in [-0.15, -0.1) is 10.2 Å². The van der Waals surface area contributed by atoms with Gasteiger partial charge in [0.1, 0.15) is 0 Å². The lowest BCUT2D eigenvalue weighted by atomic mass is 10.1. The highest BCUT2D eigenvalue weighted by molar-refractivity contribution is 7.92. The molecule has 174 valence electrons. The zero-order valence-electron chi connectivity index (χ0n) is 18.2. The van der Waals surface area contributed by atoms with Gasteiger partial charge in [-0.25, -0.2) is 13.2 Å². The van der Waals surface area contributed by atoms with Crippen molar-refractivity contribution in [3.05, 3.63) is 94.8 Å². The maximum absolute atomic E-state index is 12.8. The van der Waals surface area contributed by atoms with Crippen molar-refractivity contribution in [3.63, 3.8) is 0 Å². The summed E-state index contributed by atoms with van der Waals surface area (Å²) >= 11 is 5.91. The molecule has 1 atom stereocenters. The number of nitrogens with one attached hydrogen (secondary N) is 1. The summed E-state index contributed by atoms with van der Waals surface area (Å²) in [5, 5.41) is 8.35. The third kappa shape index (κ3) is 5.44. The molecule has 1 heterocycles. The van der Waals surface area contributed by atoms with Crippen molar-refractivity contribution >= 4 is 33.3 Å². The number of carbonyl (C=O) groups is 1. The molecule has 1 N–H and O–H groups in total. The van der Waals surface area contributed by atoms with E-state index in [1.165, 1.54) is 30.3 Å². The Morgan fingerprint density at radius 3 is 2.50 bits per heavy atom. The molecule has 0 aliphatic heterocycles. The number of carbonyl (C=O) groups excluding carboxylic acids is 1. The summed E-state index contributed by atoms with van der Waals surface area (Å²) in [7, 11) is -3.95. The van der Waals surface area contributed by atoms with Crippen LogP contribution in [0, 0.1) is 6.92 Å². The lowest BCUT2D eigenvalue weighted by Gasteiger charge is -2.11. The van der Waals surface area contributed by atoms with Crippen molar-refractivity contribution in [3.8, 4) is 11.5 Å². The quantitative estimate of drug-likeness (QED) is 0.339. The smallest absolute Gasteiger partial charge is 0.338 e. The number of hydrogen-bond donors (Lipinski definition) is 1. The predicted molar refractivity (Wildman–Crippen MR) is 127 cm³/mol. The standard InChI is InChI=1S/C24H20ClN3O5S/c1-15-9-11-17(12-10-15)23-27-26-22(33-23)16(2)32-24(29)18-5-3-8-21(13-18)34(30,31)28-20-7-4-6-19(25)14-20/h3-14,16,28H,1-2H3. The third-order valence-corrected chi connectivity index (χ3v) is 6.44. The Balaban J connectivity index is 1.47. The Morgan fingerprint density at radius 1 is 1.03 bits per heavy atom. The van der Waals surface area contributed by atoms with E-state index < -0.39 is 22.1 Å². The average Bonchev–Trinajstić information content (AvgIpc) is 3.30. The number of aryl methyl sites for hydroxylation is 1. The van der Waals surface area contributed by atoms with E-state index in [1.54, 1.807) is 25.1 Å². The molecular formula is C24H20ClN3O5S. The highest BCUT2D eigenvalue weighted by Crippen LogP contribution is 2.24. The van der Waals surface area contributed by atoms with Gasteiger partial charge in [0.15, 0.2) is 6.10 Å². The summed E-state index contributed by atoms with van der Waals surface area (Å²) in [6, 6.07) is 19.4. The van der Waals surface area contributed by atoms with E-state index in [0.717, 1.165) is 11.1 Å². The van der Waals surface area contributed by atoms with E-state index in [2.05, 4.69) is 14.9 Å². The topological polar surface area (TPSA) is 111 Å². The van der Waals surface area contributed by atoms with Crippen molar-refractivity contribution in [1.29, 1.82) is 0 Å². The molecule has 0 amide bonds. The van der Waals surface area contributed by atoms with E-state index in [9.17, 15) is 13.2 Å². The minimum absolute atomic E-state index is 0.0547. The molecule has 0 aliphatic rings. The van der Waals surface area contributed by atoms with E-state index in [1.807, 2.05) is 31.2 Å². The van der Waals surface area contributed by atoms with E-state index in [0.29, 0.717) is 16.6 Å². The van der Waals surface area contributed by atoms with Crippen molar-refractivity contribution in [2.45, 2.75) is 24.8 Å². The first kappa shape index (κ1) is 23.5. The zero-order chi connectivity index (χ0) is 24.3. The van der Waals surface area contributed by atoms with Crippen molar-refractivity contribution < 1.29 is 22.4 Å². The molecule has 0 fully saturated rings. The van der Waals surface area contributed by atoms with Gasteiger partial charge in [0.2, 0.25) is 5.89 Å². The summed E-state index contributed by atoms with van der Waals surface area (Å²) in [4.78, 5) is 12.6. The molecule has 0 aliphatic carbocycles. The van der Waals surface area contributed by atoms with Gasteiger partial charge in [-0.3, -0.25) is 4.72 Å². The number of rotatable bonds is 7. The number of halogens is 1. The second-order valence-corrected chi connectivity index (χ2v) is 9.62. The van der Waals surface area contributed by atoms with Crippen LogP contribution in [0.4, 0.5) is 5.69 Å². The van der Waals surface area contributed by atoms with Crippen LogP contribution in [0.15, 0.2) is 82.1 Å². The lowest BCUT2D eigenvalue weighted by Crippen LogP contribution is -2.15. The number of anilines is 1. The number of aromatic nitrogens is 2. The van der Waals surface area contributed by atoms with Crippen molar-refractivity contribution in [1.82, 2.24) is 10.2 Å². The van der Waals surface area contributed by atoms with Crippen LogP contribution in [0.5, 0.6) is 0 Å². The molecule has 0 radical (unpaired) electrons. The summed E-state index contributed by atoms with van der Waals surface area (Å²) < 4.78 is 39.0. The normalized spacial score (nSPS) is 12.2. The SMILES string of the molecule is Cc1ccc(-c2nnc(C(C)OC(=O)c3cccc(S(=O)(=O)Nc4cccc(Cl)c4)c3)o2)cc1. The first-order valence-electron chi connectivity index (χ1n) is 10.2. The number of esters is 1. The second kappa shape index (κ2) is 9.66. The number of sulfonamides is 1. The van der Waals surface area contributed by atoms with Gasteiger partial charge < -0.3 is 9.15 Å². The van der Waals surface area contributed by atoms with Crippen LogP contribution in [0.25, 0.3) is 11.5 Å². The molecule has 0 bridgehead atoms. The maximum atomic E-state index is 12.8. The minimum atomic E-state index is -3.95. The number of ether oxygens (including phenoxy) is 1. The van der Waals surface area contributed by atoms with Crippen LogP contribution in [-0.2, 0) is 14.8 Å². The first-order chi connectivity index (χ1) is 16.2. The third-order valence-electron chi connectivity index (χ3n) is 4.83. The monoisotopic (exact) mass is 497 g/mol. The maximum Gasteiger partial charge on any atom is 0.338 e. The average molecular weight is 498 g/mol. The van der Waals surface area contributed by atoms with Crippen molar-refractivity contribution in [2.75, 3.05) is 4.72 Å². The first-order valence-corrected chi connectivity index (χ1v) is 12.1. The Bertz CT molecular complexity index is 1440. The van der Waals surface area contributed by atoms with Crippen LogP contribution in [0.3, 0.4) is 0 Å². The molecule has 8 nitrogen and oxygen atoms in total. The molecule has 3 aromatic carbocycles. The summed E-state index contributed by atoms with van der Waals surface area (Å²) in [5.41, 5.74) is 2.19. The number of nitrogens with zero attached hydrogens (tertiary/aromatic N) is 2. The van der Waals surface area contributed by atoms with Crippen LogP contribution in [0.2, 0.25) is 5.02 Å². The second-order valence-electron chi connectivity index (χ2n) is 7.50. The molecule has 10 heteroatoms. The Kier molecular flexibility index (Phi) is 6.67. The molecule has 4 aromatic rings. The number of hydrogen-bond acceptors (Lipinski definition) is 7. The fourth-order valence-corrected chi connectivity index (χ4v) is 4.33. The molecule has 4 rings (SSSR count). The fraction of sp³-hybridized carbons (Fsp3) is 0.125. The highest BCUT2D eigenvalue weighted by atomic mass is 35.5. The fourth-order valence-electron chi connectivity index (χ4n) is 3.05. The molecular weight excluding hydrogens is 478 g/mol. The van der Waals surface area contributed by atoms with E-state index in [4.69, 9.17) is 20.8 Å². The molecule has 34 heavy (non-hydrogen) atoms. The van der Waals surface area contributed by atoms with Gasteiger partial charge in [0, 0.05) is 10.6 Å². The zero-order valence-corrected chi connectivity index (χ0v) is 19.8. The molecule has 0 spiro atoms. The number of benzene rings is 3. The Morgan fingerprint density at radius 2 is 1.76 bits per heavy atom. The van der Waals surface area contributed by atoms with Crippen LogP contribution < -0.4 is 4.72 Å². The summed E-state index contributed by atoms with van der Waals surface area (Å²) in [6.45, 7) is 3.56. The predicted octanol–water partition coefficient (Wildman–Crippen LogP) is 5.42. The van der Waals surface area contributed by atoms with Gasteiger partial charge >= 0.3 is 5.97 Å². The largest absolute Gasteiger partial charge is 0.449 e. The Hall–Kier alpha value is -3.69. The van der Waals surface area contributed by atoms with Gasteiger partial charge in [-0.05, 0) is 62.4 Å². The molecule has 1 aromatic heterocycles. The lowest BCUT2D eigenvalue weighted by molar-refractivity contribution is 0.0279. The summed E-state index contributed by atoms with van der Waals surface area (Å²) in [5.74, 6) is -0.309.